The lowest BCUT2D eigenvalue weighted by molar-refractivity contribution is -0.153. The molecule has 3 aromatic rings. The minimum Gasteiger partial charge on any atom is -0.382 e. The van der Waals surface area contributed by atoms with Gasteiger partial charge in [0.2, 0.25) is 8.07 Å². The highest BCUT2D eigenvalue weighted by Crippen LogP contribution is 2.43. The maximum Gasteiger partial charge on any atom is 0.330 e. The molecule has 1 N–H and O–H groups in total. The molecule has 30 heavy (non-hydrogen) atoms. The van der Waals surface area contributed by atoms with Crippen molar-refractivity contribution in [1.82, 2.24) is 0 Å². The van der Waals surface area contributed by atoms with Crippen molar-refractivity contribution in [3.63, 3.8) is 0 Å². The molecule has 1 atom stereocenters. The second kappa shape index (κ2) is 8.24. The Balaban J connectivity index is 2.28. The molecule has 2 nitrogen and oxygen atoms in total. The van der Waals surface area contributed by atoms with Crippen LogP contribution in [0.2, 0.25) is 5.04 Å². The molecule has 0 aromatic heterocycles. The Hall–Kier alpha value is -2.63. The Labute approximate surface area is 177 Å². The van der Waals surface area contributed by atoms with E-state index < -0.39 is 30.5 Å². The number of aliphatic hydroxyl groups is 1. The van der Waals surface area contributed by atoms with E-state index in [0.29, 0.717) is 10.4 Å². The number of halogens is 2. The average molecular weight is 425 g/mol. The zero-order chi connectivity index (χ0) is 22.0. The molecule has 0 spiro atoms. The first-order valence-corrected chi connectivity index (χ1v) is 11.9. The van der Waals surface area contributed by atoms with E-state index >= 15 is 8.78 Å². The van der Waals surface area contributed by atoms with Crippen molar-refractivity contribution in [1.29, 1.82) is 0 Å². The monoisotopic (exact) mass is 424 g/mol. The molecule has 0 aliphatic heterocycles. The van der Waals surface area contributed by atoms with Crippen LogP contribution in [-0.4, -0.2) is 24.5 Å². The lowest BCUT2D eigenvalue weighted by Crippen LogP contribution is -2.73. The van der Waals surface area contributed by atoms with Gasteiger partial charge in [-0.2, -0.15) is 8.78 Å². The Bertz CT molecular complexity index is 944. The predicted molar refractivity (Wildman–Crippen MR) is 119 cm³/mol. The zero-order valence-electron chi connectivity index (χ0n) is 17.3. The van der Waals surface area contributed by atoms with Crippen molar-refractivity contribution in [2.24, 2.45) is 0 Å². The van der Waals surface area contributed by atoms with Crippen LogP contribution < -0.4 is 10.4 Å². The van der Waals surface area contributed by atoms with Gasteiger partial charge < -0.3 is 5.11 Å². The van der Waals surface area contributed by atoms with Crippen LogP contribution >= 0.6 is 0 Å². The third-order valence-corrected chi connectivity index (χ3v) is 11.3. The summed E-state index contributed by atoms with van der Waals surface area (Å²) in [5, 5.41) is 9.85. The molecule has 0 aliphatic carbocycles. The molecular formula is C25H26F2O2Si. The van der Waals surface area contributed by atoms with Crippen molar-refractivity contribution in [3.8, 4) is 0 Å². The van der Waals surface area contributed by atoms with E-state index in [4.69, 9.17) is 0 Å². The van der Waals surface area contributed by atoms with E-state index in [0.717, 1.165) is 0 Å². The Morgan fingerprint density at radius 2 is 1.13 bits per heavy atom. The molecule has 3 aromatic carbocycles. The van der Waals surface area contributed by atoms with Gasteiger partial charge in [0, 0.05) is 0 Å². The van der Waals surface area contributed by atoms with Crippen molar-refractivity contribution < 1.29 is 18.7 Å². The summed E-state index contributed by atoms with van der Waals surface area (Å²) in [4.78, 5) is 13.9. The largest absolute Gasteiger partial charge is 0.382 e. The highest BCUT2D eigenvalue weighted by Gasteiger charge is 2.63. The van der Waals surface area contributed by atoms with Crippen LogP contribution in [0.15, 0.2) is 91.0 Å². The molecule has 0 heterocycles. The predicted octanol–water partition coefficient (Wildman–Crippen LogP) is 4.53. The Kier molecular flexibility index (Phi) is 6.06. The SMILES string of the molecule is CC(C)(C)[Si](C(=O)C(F)(F)C(O)c1ccccc1)(c1ccccc1)c1ccccc1. The number of benzene rings is 3. The minimum absolute atomic E-state index is 0.0220. The van der Waals surface area contributed by atoms with Gasteiger partial charge in [-0.3, -0.25) is 4.79 Å². The Morgan fingerprint density at radius 3 is 1.50 bits per heavy atom. The van der Waals surface area contributed by atoms with E-state index in [9.17, 15) is 9.90 Å². The third kappa shape index (κ3) is 3.64. The lowest BCUT2D eigenvalue weighted by Gasteiger charge is -2.44. The maximum absolute atomic E-state index is 15.7. The molecular weight excluding hydrogens is 398 g/mol. The van der Waals surface area contributed by atoms with Gasteiger partial charge in [-0.25, -0.2) is 0 Å². The first-order valence-electron chi connectivity index (χ1n) is 9.90. The normalized spacial score (nSPS) is 13.7. The molecule has 0 saturated carbocycles. The highest BCUT2D eigenvalue weighted by atomic mass is 28.3. The summed E-state index contributed by atoms with van der Waals surface area (Å²) < 4.78 is 31.5. The number of aliphatic hydroxyl groups excluding tert-OH is 1. The third-order valence-electron chi connectivity index (χ3n) is 5.64. The second-order valence-electron chi connectivity index (χ2n) is 8.50. The summed E-state index contributed by atoms with van der Waals surface area (Å²) >= 11 is 0. The van der Waals surface area contributed by atoms with Crippen LogP contribution in [0.5, 0.6) is 0 Å². The van der Waals surface area contributed by atoms with Crippen LogP contribution in [0.1, 0.15) is 32.4 Å². The van der Waals surface area contributed by atoms with E-state index in [1.54, 1.807) is 78.9 Å². The molecule has 0 amide bonds. The van der Waals surface area contributed by atoms with Gasteiger partial charge in [-0.1, -0.05) is 112 Å². The molecule has 3 rings (SSSR count). The van der Waals surface area contributed by atoms with Crippen LogP contribution in [0, 0.1) is 0 Å². The van der Waals surface area contributed by atoms with Crippen molar-refractivity contribution >= 4 is 23.9 Å². The summed E-state index contributed by atoms with van der Waals surface area (Å²) in [5.41, 5.74) is 0.0220. The van der Waals surface area contributed by atoms with Crippen LogP contribution in [-0.2, 0) is 4.79 Å². The number of hydrogen-bond donors (Lipinski definition) is 1. The fraction of sp³-hybridized carbons (Fsp3) is 0.240. The van der Waals surface area contributed by atoms with E-state index in [1.807, 2.05) is 20.8 Å². The fourth-order valence-electron chi connectivity index (χ4n) is 4.23. The van der Waals surface area contributed by atoms with E-state index in [-0.39, 0.29) is 5.56 Å². The quantitative estimate of drug-likeness (QED) is 0.591. The smallest absolute Gasteiger partial charge is 0.330 e. The lowest BCUT2D eigenvalue weighted by atomic mass is 10.0. The van der Waals surface area contributed by atoms with E-state index in [1.165, 1.54) is 12.1 Å². The van der Waals surface area contributed by atoms with Crippen molar-refractivity contribution in [2.45, 2.75) is 37.8 Å². The van der Waals surface area contributed by atoms with Gasteiger partial charge in [-0.05, 0) is 21.0 Å². The summed E-state index contributed by atoms with van der Waals surface area (Å²) in [7, 11) is -3.73. The van der Waals surface area contributed by atoms with Crippen molar-refractivity contribution in [3.05, 3.63) is 96.6 Å². The molecule has 0 saturated heterocycles. The first-order chi connectivity index (χ1) is 14.1. The number of hydrogen-bond acceptors (Lipinski definition) is 2. The Morgan fingerprint density at radius 1 is 0.767 bits per heavy atom. The molecule has 5 heteroatoms. The summed E-state index contributed by atoms with van der Waals surface area (Å²) in [6.45, 7) is 5.51. The number of rotatable bonds is 6. The molecule has 156 valence electrons. The van der Waals surface area contributed by atoms with Gasteiger partial charge in [0.1, 0.15) is 6.10 Å². The standard InChI is InChI=1S/C25H26F2O2Si/c1-24(2,3)30(20-15-9-5-10-16-20,21-17-11-6-12-18-21)23(29)25(26,27)22(28)19-13-7-4-8-14-19/h4-18,22,28H,1-3H3. The van der Waals surface area contributed by atoms with Crippen LogP contribution in [0.4, 0.5) is 8.78 Å². The van der Waals surface area contributed by atoms with Gasteiger partial charge in [-0.15, -0.1) is 0 Å². The molecule has 0 radical (unpaired) electrons. The topological polar surface area (TPSA) is 37.3 Å². The van der Waals surface area contributed by atoms with Crippen LogP contribution in [0.3, 0.4) is 0 Å². The number of carbonyl (C=O) groups excluding carboxylic acids is 1. The molecule has 0 aliphatic rings. The van der Waals surface area contributed by atoms with Gasteiger partial charge in [0.25, 0.3) is 0 Å². The second-order valence-corrected chi connectivity index (χ2v) is 13.1. The summed E-state index contributed by atoms with van der Waals surface area (Å²) in [5.74, 6) is -3.95. The molecule has 0 fully saturated rings. The summed E-state index contributed by atoms with van der Waals surface area (Å²) in [6, 6.07) is 25.4. The van der Waals surface area contributed by atoms with Gasteiger partial charge in [0.15, 0.2) is 5.41 Å². The zero-order valence-corrected chi connectivity index (χ0v) is 18.3. The minimum atomic E-state index is -3.95. The molecule has 0 bridgehead atoms. The summed E-state index contributed by atoms with van der Waals surface area (Å²) in [6.07, 6.45) is -2.21. The molecule has 1 unspecified atom stereocenters. The highest BCUT2D eigenvalue weighted by molar-refractivity contribution is 7.24. The average Bonchev–Trinajstić information content (AvgIpc) is 2.75. The van der Waals surface area contributed by atoms with Crippen LogP contribution in [0.25, 0.3) is 0 Å². The fourth-order valence-corrected chi connectivity index (χ4v) is 9.52. The van der Waals surface area contributed by atoms with Gasteiger partial charge in [0.05, 0.1) is 0 Å². The number of carbonyl (C=O) groups is 1. The maximum atomic E-state index is 15.7. The first kappa shape index (κ1) is 22.1. The van der Waals surface area contributed by atoms with Crippen molar-refractivity contribution in [2.75, 3.05) is 0 Å². The van der Waals surface area contributed by atoms with E-state index in [2.05, 4.69) is 0 Å². The number of alkyl halides is 2. The van der Waals surface area contributed by atoms with Gasteiger partial charge >= 0.3 is 5.92 Å².